The van der Waals surface area contributed by atoms with Crippen LogP contribution in [0.4, 0.5) is 0 Å². The summed E-state index contributed by atoms with van der Waals surface area (Å²) in [4.78, 5) is 18.2. The molecule has 0 fully saturated rings. The topological polar surface area (TPSA) is 60.7 Å². The van der Waals surface area contributed by atoms with E-state index in [4.69, 9.17) is 0 Å². The first-order chi connectivity index (χ1) is 9.63. The third-order valence-corrected chi connectivity index (χ3v) is 4.78. The van der Waals surface area contributed by atoms with E-state index >= 15 is 0 Å². The van der Waals surface area contributed by atoms with Crippen LogP contribution in [0.1, 0.15) is 16.2 Å². The van der Waals surface area contributed by atoms with Crippen LogP contribution in [0.3, 0.4) is 0 Å². The first-order valence-corrected chi connectivity index (χ1v) is 7.61. The third kappa shape index (κ3) is 2.66. The van der Waals surface area contributed by atoms with E-state index in [2.05, 4.69) is 47.1 Å². The summed E-state index contributed by atoms with van der Waals surface area (Å²) in [5.41, 5.74) is 2.56. The van der Waals surface area contributed by atoms with E-state index in [0.29, 0.717) is 12.2 Å². The van der Waals surface area contributed by atoms with Crippen LogP contribution >= 0.6 is 31.9 Å². The van der Waals surface area contributed by atoms with E-state index in [1.54, 1.807) is 6.07 Å². The number of aromatic amines is 2. The SMILES string of the molecule is O=C(NCc1cc2ccccc2[nH]1)c1cc(Br)c(Br)[nH]1. The molecule has 3 rings (SSSR count). The predicted octanol–water partition coefficient (Wildman–Crippen LogP) is 3.95. The molecule has 2 aromatic heterocycles. The van der Waals surface area contributed by atoms with Gasteiger partial charge in [0.05, 0.1) is 15.6 Å². The number of para-hydroxylation sites is 1. The van der Waals surface area contributed by atoms with Crippen LogP contribution in [-0.2, 0) is 6.54 Å². The smallest absolute Gasteiger partial charge is 0.268 e. The lowest BCUT2D eigenvalue weighted by molar-refractivity contribution is 0.0946. The average molecular weight is 397 g/mol. The minimum Gasteiger partial charge on any atom is -0.357 e. The number of hydrogen-bond acceptors (Lipinski definition) is 1. The second-order valence-corrected chi connectivity index (χ2v) is 6.06. The average Bonchev–Trinajstić information content (AvgIpc) is 3.00. The van der Waals surface area contributed by atoms with Crippen molar-refractivity contribution in [3.05, 3.63) is 56.9 Å². The second-order valence-electron chi connectivity index (χ2n) is 4.41. The number of nitrogens with one attached hydrogen (secondary N) is 3. The monoisotopic (exact) mass is 395 g/mol. The molecule has 0 unspecified atom stereocenters. The van der Waals surface area contributed by atoms with Gasteiger partial charge < -0.3 is 15.3 Å². The van der Waals surface area contributed by atoms with Crippen LogP contribution < -0.4 is 5.32 Å². The third-order valence-electron chi connectivity index (χ3n) is 2.99. The zero-order chi connectivity index (χ0) is 14.1. The zero-order valence-electron chi connectivity index (χ0n) is 10.3. The van der Waals surface area contributed by atoms with Gasteiger partial charge in [0.2, 0.25) is 0 Å². The van der Waals surface area contributed by atoms with Gasteiger partial charge in [0.1, 0.15) is 5.69 Å². The van der Waals surface area contributed by atoms with Crippen LogP contribution in [0.25, 0.3) is 10.9 Å². The molecule has 0 saturated heterocycles. The van der Waals surface area contributed by atoms with E-state index in [-0.39, 0.29) is 5.91 Å². The fourth-order valence-electron chi connectivity index (χ4n) is 2.03. The number of carbonyl (C=O) groups excluding carboxylic acids is 1. The normalized spacial score (nSPS) is 10.9. The standard InChI is InChI=1S/C14H11Br2N3O/c15-10-6-12(19-13(10)16)14(20)17-7-9-5-8-3-1-2-4-11(8)18-9/h1-6,18-19H,7H2,(H,17,20). The predicted molar refractivity (Wildman–Crippen MR) is 85.7 cm³/mol. The van der Waals surface area contributed by atoms with E-state index in [1.807, 2.05) is 30.3 Å². The maximum atomic E-state index is 12.0. The van der Waals surface area contributed by atoms with Crippen molar-refractivity contribution >= 4 is 48.7 Å². The van der Waals surface area contributed by atoms with E-state index in [0.717, 1.165) is 25.7 Å². The molecule has 6 heteroatoms. The highest BCUT2D eigenvalue weighted by Crippen LogP contribution is 2.23. The van der Waals surface area contributed by atoms with Gasteiger partial charge >= 0.3 is 0 Å². The minimum atomic E-state index is -0.143. The lowest BCUT2D eigenvalue weighted by Gasteiger charge is -2.01. The highest BCUT2D eigenvalue weighted by atomic mass is 79.9. The van der Waals surface area contributed by atoms with Gasteiger partial charge in [-0.3, -0.25) is 4.79 Å². The molecule has 0 aliphatic carbocycles. The summed E-state index contributed by atoms with van der Waals surface area (Å²) in [6, 6.07) is 11.8. The van der Waals surface area contributed by atoms with Gasteiger partial charge in [0.25, 0.3) is 5.91 Å². The van der Waals surface area contributed by atoms with Crippen LogP contribution in [0.5, 0.6) is 0 Å². The Morgan fingerprint density at radius 1 is 1.15 bits per heavy atom. The lowest BCUT2D eigenvalue weighted by atomic mass is 10.2. The van der Waals surface area contributed by atoms with Crippen LogP contribution in [0, 0.1) is 0 Å². The summed E-state index contributed by atoms with van der Waals surface area (Å²) < 4.78 is 1.58. The second kappa shape index (κ2) is 5.46. The molecule has 0 aliphatic rings. The van der Waals surface area contributed by atoms with Gasteiger partial charge in [0, 0.05) is 11.2 Å². The van der Waals surface area contributed by atoms with Gasteiger partial charge in [-0.05, 0) is 55.4 Å². The number of H-pyrrole nitrogens is 2. The summed E-state index contributed by atoms with van der Waals surface area (Å²) >= 11 is 6.65. The fraction of sp³-hybridized carbons (Fsp3) is 0.0714. The van der Waals surface area contributed by atoms with E-state index in [1.165, 1.54) is 0 Å². The Morgan fingerprint density at radius 2 is 1.95 bits per heavy atom. The number of amides is 1. The molecule has 3 aromatic rings. The maximum absolute atomic E-state index is 12.0. The zero-order valence-corrected chi connectivity index (χ0v) is 13.5. The number of halogens is 2. The summed E-state index contributed by atoms with van der Waals surface area (Å²) in [5.74, 6) is -0.143. The molecule has 102 valence electrons. The van der Waals surface area contributed by atoms with Crippen molar-refractivity contribution in [1.29, 1.82) is 0 Å². The molecular formula is C14H11Br2N3O. The number of aromatic nitrogens is 2. The molecule has 20 heavy (non-hydrogen) atoms. The van der Waals surface area contributed by atoms with Gasteiger partial charge in [-0.2, -0.15) is 0 Å². The Bertz CT molecular complexity index is 723. The van der Waals surface area contributed by atoms with Crippen molar-refractivity contribution in [2.75, 3.05) is 0 Å². The Labute approximate surface area is 132 Å². The molecule has 0 radical (unpaired) electrons. The Hall–Kier alpha value is -1.53. The van der Waals surface area contributed by atoms with Gasteiger partial charge in [0.15, 0.2) is 0 Å². The highest BCUT2D eigenvalue weighted by molar-refractivity contribution is 9.13. The number of fused-ring (bicyclic) bond motifs is 1. The molecule has 3 N–H and O–H groups in total. The first kappa shape index (κ1) is 13.5. The van der Waals surface area contributed by atoms with Crippen LogP contribution in [0.2, 0.25) is 0 Å². The van der Waals surface area contributed by atoms with Crippen molar-refractivity contribution in [1.82, 2.24) is 15.3 Å². The lowest BCUT2D eigenvalue weighted by Crippen LogP contribution is -2.23. The molecule has 1 amide bonds. The van der Waals surface area contributed by atoms with Crippen molar-refractivity contribution in [3.63, 3.8) is 0 Å². The van der Waals surface area contributed by atoms with E-state index in [9.17, 15) is 4.79 Å². The van der Waals surface area contributed by atoms with Crippen molar-refractivity contribution in [2.45, 2.75) is 6.54 Å². The Balaban J connectivity index is 1.71. The highest BCUT2D eigenvalue weighted by Gasteiger charge is 2.11. The van der Waals surface area contributed by atoms with Crippen LogP contribution in [-0.4, -0.2) is 15.9 Å². The van der Waals surface area contributed by atoms with Crippen LogP contribution in [0.15, 0.2) is 45.5 Å². The quantitative estimate of drug-likeness (QED) is 0.616. The Morgan fingerprint density at radius 3 is 2.65 bits per heavy atom. The minimum absolute atomic E-state index is 0.143. The van der Waals surface area contributed by atoms with Crippen molar-refractivity contribution in [3.8, 4) is 0 Å². The number of hydrogen-bond donors (Lipinski definition) is 3. The van der Waals surface area contributed by atoms with Gasteiger partial charge in [-0.25, -0.2) is 0 Å². The summed E-state index contributed by atoms with van der Waals surface area (Å²) in [6.07, 6.45) is 0. The molecular weight excluding hydrogens is 386 g/mol. The fourth-order valence-corrected chi connectivity index (χ4v) is 2.68. The molecule has 1 aromatic carbocycles. The summed E-state index contributed by atoms with van der Waals surface area (Å²) in [5, 5.41) is 4.01. The Kier molecular flexibility index (Phi) is 3.67. The molecule has 0 atom stereocenters. The number of rotatable bonds is 3. The van der Waals surface area contributed by atoms with Gasteiger partial charge in [-0.1, -0.05) is 18.2 Å². The van der Waals surface area contributed by atoms with E-state index < -0.39 is 0 Å². The summed E-state index contributed by atoms with van der Waals surface area (Å²) in [7, 11) is 0. The largest absolute Gasteiger partial charge is 0.357 e. The molecule has 2 heterocycles. The number of benzene rings is 1. The molecule has 0 spiro atoms. The molecule has 0 bridgehead atoms. The molecule has 4 nitrogen and oxygen atoms in total. The molecule has 0 saturated carbocycles. The molecule has 0 aliphatic heterocycles. The summed E-state index contributed by atoms with van der Waals surface area (Å²) in [6.45, 7) is 0.460. The van der Waals surface area contributed by atoms with Crippen molar-refractivity contribution < 1.29 is 4.79 Å². The number of carbonyl (C=O) groups is 1. The maximum Gasteiger partial charge on any atom is 0.268 e. The van der Waals surface area contributed by atoms with Gasteiger partial charge in [-0.15, -0.1) is 0 Å². The first-order valence-electron chi connectivity index (χ1n) is 6.02. The van der Waals surface area contributed by atoms with Crippen molar-refractivity contribution in [2.24, 2.45) is 0 Å².